The van der Waals surface area contributed by atoms with Crippen LogP contribution in [-0.4, -0.2) is 23.0 Å². The minimum Gasteiger partial charge on any atom is -0.506 e. The second-order valence-electron chi connectivity index (χ2n) is 10.5. The number of benzene rings is 2. The van der Waals surface area contributed by atoms with Gasteiger partial charge in [0.25, 0.3) is 11.8 Å². The molecule has 1 aliphatic heterocycles. The largest absolute Gasteiger partial charge is 0.506 e. The van der Waals surface area contributed by atoms with E-state index < -0.39 is 17.8 Å². The number of imide groups is 2. The first-order valence-corrected chi connectivity index (χ1v) is 13.1. The van der Waals surface area contributed by atoms with Gasteiger partial charge in [-0.2, -0.15) is 0 Å². The standard InChI is InChI=1S/C27H24BrClN2O4/c28-22-10-19(29)8-17(23(22)32)9-21-24(33)30-26(35)31(25(21)34)20-3-1-18(2-4-20)27-11-14-5-15(12-27)7-16(6-14)13-27/h1-4,8-10,14-16,32H,5-7,11-13H2,(H,30,33,35)/b21-9+. The van der Waals surface area contributed by atoms with E-state index >= 15 is 0 Å². The molecule has 0 spiro atoms. The summed E-state index contributed by atoms with van der Waals surface area (Å²) in [6.45, 7) is 0. The van der Waals surface area contributed by atoms with Crippen molar-refractivity contribution >= 4 is 57.1 Å². The van der Waals surface area contributed by atoms with Crippen molar-refractivity contribution in [3.63, 3.8) is 0 Å². The number of carbonyl (C=O) groups is 3. The number of halogens is 2. The minimum atomic E-state index is -0.822. The van der Waals surface area contributed by atoms with Gasteiger partial charge in [0.15, 0.2) is 0 Å². The molecule has 5 fully saturated rings. The SMILES string of the molecule is O=C1NC(=O)N(c2ccc(C34CC5CC(CC(C5)C3)C4)cc2)C(=O)/C1=C/c1cc(Cl)cc(Br)c1O. The average Bonchev–Trinajstić information content (AvgIpc) is 2.79. The van der Waals surface area contributed by atoms with Gasteiger partial charge in [0.05, 0.1) is 10.2 Å². The normalized spacial score (nSPS) is 30.8. The number of rotatable bonds is 3. The summed E-state index contributed by atoms with van der Waals surface area (Å²) >= 11 is 9.27. The van der Waals surface area contributed by atoms with E-state index in [9.17, 15) is 19.5 Å². The van der Waals surface area contributed by atoms with E-state index in [0.29, 0.717) is 15.2 Å². The number of hydrogen-bond donors (Lipinski definition) is 2. The minimum absolute atomic E-state index is 0.161. The molecular weight excluding hydrogens is 532 g/mol. The van der Waals surface area contributed by atoms with Crippen LogP contribution in [0.2, 0.25) is 5.02 Å². The summed E-state index contributed by atoms with van der Waals surface area (Å²) in [6.07, 6.45) is 9.00. The third-order valence-corrected chi connectivity index (χ3v) is 9.06. The predicted molar refractivity (Wildman–Crippen MR) is 136 cm³/mol. The van der Waals surface area contributed by atoms with Crippen molar-refractivity contribution in [2.45, 2.75) is 43.9 Å². The second kappa shape index (κ2) is 8.20. The van der Waals surface area contributed by atoms with Gasteiger partial charge in [0.1, 0.15) is 11.3 Å². The van der Waals surface area contributed by atoms with Crippen molar-refractivity contribution in [3.05, 3.63) is 62.6 Å². The van der Waals surface area contributed by atoms with Crippen LogP contribution in [0.15, 0.2) is 46.4 Å². The fraction of sp³-hybridized carbons (Fsp3) is 0.370. The summed E-state index contributed by atoms with van der Waals surface area (Å²) < 4.78 is 0.328. The van der Waals surface area contributed by atoms with E-state index in [1.807, 2.05) is 12.1 Å². The highest BCUT2D eigenvalue weighted by Gasteiger charge is 2.51. The topological polar surface area (TPSA) is 86.7 Å². The predicted octanol–water partition coefficient (Wildman–Crippen LogP) is 5.94. The van der Waals surface area contributed by atoms with E-state index in [-0.39, 0.29) is 22.3 Å². The van der Waals surface area contributed by atoms with Crippen LogP contribution in [0, 0.1) is 17.8 Å². The molecular formula is C27H24BrClN2O4. The number of hydrogen-bond acceptors (Lipinski definition) is 4. The zero-order chi connectivity index (χ0) is 24.5. The van der Waals surface area contributed by atoms with Gasteiger partial charge in [0, 0.05) is 10.6 Å². The Bertz CT molecular complexity index is 1270. The van der Waals surface area contributed by atoms with Crippen molar-refractivity contribution in [1.29, 1.82) is 0 Å². The van der Waals surface area contributed by atoms with Crippen molar-refractivity contribution < 1.29 is 19.5 Å². The number of nitrogens with zero attached hydrogens (tertiary/aromatic N) is 1. The number of nitrogens with one attached hydrogen (secondary N) is 1. The first-order valence-electron chi connectivity index (χ1n) is 11.9. The van der Waals surface area contributed by atoms with Gasteiger partial charge < -0.3 is 5.11 Å². The Labute approximate surface area is 216 Å². The average molecular weight is 556 g/mol. The Kier molecular flexibility index (Phi) is 5.34. The third-order valence-electron chi connectivity index (χ3n) is 8.24. The molecule has 5 aliphatic rings. The monoisotopic (exact) mass is 554 g/mol. The summed E-state index contributed by atoms with van der Waals surface area (Å²) in [5.74, 6) is 0.714. The molecule has 2 aromatic carbocycles. The molecule has 0 unspecified atom stereocenters. The fourth-order valence-electron chi connectivity index (χ4n) is 7.17. The van der Waals surface area contributed by atoms with Gasteiger partial charge in [0.2, 0.25) is 0 Å². The Hall–Kier alpha value is -2.64. The van der Waals surface area contributed by atoms with Crippen LogP contribution in [0.1, 0.15) is 49.7 Å². The lowest BCUT2D eigenvalue weighted by Gasteiger charge is -2.57. The molecule has 1 saturated heterocycles. The van der Waals surface area contributed by atoms with E-state index in [4.69, 9.17) is 11.6 Å². The number of barbiturate groups is 1. The van der Waals surface area contributed by atoms with Gasteiger partial charge in [-0.3, -0.25) is 14.9 Å². The van der Waals surface area contributed by atoms with Crippen LogP contribution in [0.25, 0.3) is 6.08 Å². The molecule has 7 rings (SSSR count). The Morgan fingerprint density at radius 1 is 1.00 bits per heavy atom. The van der Waals surface area contributed by atoms with Crippen molar-refractivity contribution in [2.24, 2.45) is 17.8 Å². The Morgan fingerprint density at radius 3 is 2.20 bits per heavy atom. The molecule has 8 heteroatoms. The molecule has 6 nitrogen and oxygen atoms in total. The van der Waals surface area contributed by atoms with E-state index in [2.05, 4.69) is 21.2 Å². The van der Waals surface area contributed by atoms with E-state index in [1.165, 1.54) is 62.3 Å². The fourth-order valence-corrected chi connectivity index (χ4v) is 8.01. The summed E-state index contributed by atoms with van der Waals surface area (Å²) in [5, 5.41) is 12.9. The molecule has 4 aliphatic carbocycles. The first-order chi connectivity index (χ1) is 16.7. The number of phenols is 1. The van der Waals surface area contributed by atoms with Gasteiger partial charge in [-0.05, 0) is 114 Å². The molecule has 4 bridgehead atoms. The second-order valence-corrected chi connectivity index (χ2v) is 11.8. The van der Waals surface area contributed by atoms with Crippen LogP contribution in [0.4, 0.5) is 10.5 Å². The number of urea groups is 1. The van der Waals surface area contributed by atoms with Gasteiger partial charge >= 0.3 is 6.03 Å². The quantitative estimate of drug-likeness (QED) is 0.362. The summed E-state index contributed by atoms with van der Waals surface area (Å²) in [4.78, 5) is 39.4. The Balaban J connectivity index is 1.31. The summed E-state index contributed by atoms with van der Waals surface area (Å²) in [5.41, 5.74) is 1.81. The van der Waals surface area contributed by atoms with Gasteiger partial charge in [-0.25, -0.2) is 9.69 Å². The molecule has 0 radical (unpaired) electrons. The highest BCUT2D eigenvalue weighted by molar-refractivity contribution is 9.10. The highest BCUT2D eigenvalue weighted by Crippen LogP contribution is 2.60. The van der Waals surface area contributed by atoms with Crippen LogP contribution in [0.5, 0.6) is 5.75 Å². The molecule has 0 atom stereocenters. The molecule has 2 aromatic rings. The van der Waals surface area contributed by atoms with E-state index in [1.54, 1.807) is 12.1 Å². The van der Waals surface area contributed by atoms with Crippen LogP contribution >= 0.6 is 27.5 Å². The number of aromatic hydroxyl groups is 1. The molecule has 1 heterocycles. The summed E-state index contributed by atoms with van der Waals surface area (Å²) in [7, 11) is 0. The molecule has 2 N–H and O–H groups in total. The lowest BCUT2D eigenvalue weighted by molar-refractivity contribution is -0.122. The Morgan fingerprint density at radius 2 is 1.60 bits per heavy atom. The molecule has 180 valence electrons. The summed E-state index contributed by atoms with van der Waals surface area (Å²) in [6, 6.07) is 9.83. The molecule has 35 heavy (non-hydrogen) atoms. The lowest BCUT2D eigenvalue weighted by Crippen LogP contribution is -2.54. The molecule has 0 aromatic heterocycles. The smallest absolute Gasteiger partial charge is 0.335 e. The number of amides is 4. The van der Waals surface area contributed by atoms with Crippen LogP contribution in [0.3, 0.4) is 0 Å². The molecule has 4 amide bonds. The third kappa shape index (κ3) is 3.80. The lowest BCUT2D eigenvalue weighted by atomic mass is 9.48. The highest BCUT2D eigenvalue weighted by atomic mass is 79.9. The maximum atomic E-state index is 13.3. The van der Waals surface area contributed by atoms with Crippen molar-refractivity contribution in [3.8, 4) is 5.75 Å². The molecule has 4 saturated carbocycles. The number of carbonyl (C=O) groups excluding carboxylic acids is 3. The first kappa shape index (κ1) is 22.8. The number of anilines is 1. The number of phenolic OH excluding ortho intramolecular Hbond substituents is 1. The van der Waals surface area contributed by atoms with Gasteiger partial charge in [-0.1, -0.05) is 23.7 Å². The zero-order valence-electron chi connectivity index (χ0n) is 18.9. The van der Waals surface area contributed by atoms with Crippen LogP contribution in [-0.2, 0) is 15.0 Å². The zero-order valence-corrected chi connectivity index (χ0v) is 21.2. The van der Waals surface area contributed by atoms with Crippen LogP contribution < -0.4 is 10.2 Å². The van der Waals surface area contributed by atoms with E-state index in [0.717, 1.165) is 22.7 Å². The van der Waals surface area contributed by atoms with Gasteiger partial charge in [-0.15, -0.1) is 0 Å². The maximum absolute atomic E-state index is 13.3. The van der Waals surface area contributed by atoms with Crippen molar-refractivity contribution in [1.82, 2.24) is 5.32 Å². The van der Waals surface area contributed by atoms with Crippen molar-refractivity contribution in [2.75, 3.05) is 4.90 Å². The maximum Gasteiger partial charge on any atom is 0.335 e.